The Kier molecular flexibility index (Phi) is 7.00. The second-order valence-corrected chi connectivity index (χ2v) is 8.26. The van der Waals surface area contributed by atoms with Crippen molar-refractivity contribution in [3.05, 3.63) is 51.9 Å². The lowest BCUT2D eigenvalue weighted by atomic mass is 9.88. The molecule has 1 aromatic carbocycles. The molecule has 1 aromatic heterocycles. The molecule has 0 bridgehead atoms. The van der Waals surface area contributed by atoms with Gasteiger partial charge in [-0.1, -0.05) is 37.3 Å². The highest BCUT2D eigenvalue weighted by atomic mass is 32.1. The van der Waals surface area contributed by atoms with Gasteiger partial charge in [0.25, 0.3) is 11.8 Å². The molecule has 0 fully saturated rings. The zero-order valence-corrected chi connectivity index (χ0v) is 17.0. The average molecular weight is 416 g/mol. The first kappa shape index (κ1) is 21.0. The standard InChI is InChI=1S/C21H24N2O5S/c1-13-7-8-15-16(9-13)29-21(23-17(24)11-28-12-18(25)26)19(15)20(27)22-10-14-5-3-2-4-6-14/h2-6,13H,7-12H2,1H3,(H,22,27)(H,23,24)(H,25,26). The van der Waals surface area contributed by atoms with Crippen molar-refractivity contribution in [2.24, 2.45) is 5.92 Å². The highest BCUT2D eigenvalue weighted by molar-refractivity contribution is 7.17. The van der Waals surface area contributed by atoms with Gasteiger partial charge in [-0.25, -0.2) is 4.79 Å². The van der Waals surface area contributed by atoms with E-state index < -0.39 is 18.5 Å². The third-order valence-corrected chi connectivity index (χ3v) is 5.92. The number of amides is 2. The van der Waals surface area contributed by atoms with Crippen LogP contribution >= 0.6 is 11.3 Å². The number of hydrogen-bond acceptors (Lipinski definition) is 5. The van der Waals surface area contributed by atoms with Gasteiger partial charge in [0.15, 0.2) is 0 Å². The highest BCUT2D eigenvalue weighted by Crippen LogP contribution is 2.39. The lowest BCUT2D eigenvalue weighted by Crippen LogP contribution is -2.26. The Hall–Kier alpha value is -2.71. The summed E-state index contributed by atoms with van der Waals surface area (Å²) in [6.45, 7) is 1.65. The number of carboxylic acids is 1. The Balaban J connectivity index is 1.75. The highest BCUT2D eigenvalue weighted by Gasteiger charge is 2.28. The number of fused-ring (bicyclic) bond motifs is 1. The second kappa shape index (κ2) is 9.67. The number of rotatable bonds is 8. The van der Waals surface area contributed by atoms with Crippen LogP contribution in [0.5, 0.6) is 0 Å². The monoisotopic (exact) mass is 416 g/mol. The number of anilines is 1. The predicted octanol–water partition coefficient (Wildman–Crippen LogP) is 2.84. The quantitative estimate of drug-likeness (QED) is 0.614. The summed E-state index contributed by atoms with van der Waals surface area (Å²) in [6, 6.07) is 9.62. The largest absolute Gasteiger partial charge is 0.480 e. The third-order valence-electron chi connectivity index (χ3n) is 4.75. The molecular formula is C21H24N2O5S. The van der Waals surface area contributed by atoms with Gasteiger partial charge in [-0.2, -0.15) is 0 Å². The van der Waals surface area contributed by atoms with Crippen LogP contribution in [0.2, 0.25) is 0 Å². The van der Waals surface area contributed by atoms with Crippen LogP contribution in [-0.2, 0) is 33.7 Å². The molecule has 3 N–H and O–H groups in total. The molecule has 1 unspecified atom stereocenters. The maximum Gasteiger partial charge on any atom is 0.329 e. The van der Waals surface area contributed by atoms with E-state index in [0.717, 1.165) is 35.3 Å². The first-order valence-corrected chi connectivity index (χ1v) is 10.3. The smallest absolute Gasteiger partial charge is 0.329 e. The van der Waals surface area contributed by atoms with E-state index in [1.165, 1.54) is 11.3 Å². The Labute approximate surface area is 173 Å². The fourth-order valence-electron chi connectivity index (χ4n) is 3.34. The van der Waals surface area contributed by atoms with E-state index in [1.807, 2.05) is 30.3 Å². The summed E-state index contributed by atoms with van der Waals surface area (Å²) >= 11 is 1.42. The third kappa shape index (κ3) is 5.65. The first-order chi connectivity index (χ1) is 13.9. The van der Waals surface area contributed by atoms with Crippen molar-refractivity contribution in [3.63, 3.8) is 0 Å². The Morgan fingerprint density at radius 3 is 2.69 bits per heavy atom. The van der Waals surface area contributed by atoms with Gasteiger partial charge in [0.1, 0.15) is 18.2 Å². The maximum atomic E-state index is 13.0. The number of thiophene rings is 1. The summed E-state index contributed by atoms with van der Waals surface area (Å²) in [5.74, 6) is -1.30. The molecule has 1 atom stereocenters. The minimum atomic E-state index is -1.14. The Morgan fingerprint density at radius 2 is 1.97 bits per heavy atom. The van der Waals surface area contributed by atoms with E-state index in [9.17, 15) is 14.4 Å². The molecule has 0 spiro atoms. The fraction of sp³-hybridized carbons (Fsp3) is 0.381. The molecule has 154 valence electrons. The Bertz CT molecular complexity index is 894. The molecule has 1 heterocycles. The van der Waals surface area contributed by atoms with Gasteiger partial charge in [-0.05, 0) is 36.3 Å². The molecule has 3 rings (SSSR count). The van der Waals surface area contributed by atoms with Crippen molar-refractivity contribution < 1.29 is 24.2 Å². The summed E-state index contributed by atoms with van der Waals surface area (Å²) < 4.78 is 4.85. The molecule has 0 saturated heterocycles. The molecule has 2 aromatic rings. The molecule has 2 amide bonds. The minimum Gasteiger partial charge on any atom is -0.480 e. The molecule has 0 aliphatic heterocycles. The van der Waals surface area contributed by atoms with Crippen molar-refractivity contribution in [3.8, 4) is 0 Å². The topological polar surface area (TPSA) is 105 Å². The summed E-state index contributed by atoms with van der Waals surface area (Å²) in [7, 11) is 0. The second-order valence-electron chi connectivity index (χ2n) is 7.16. The molecule has 1 aliphatic rings. The molecule has 0 radical (unpaired) electrons. The van der Waals surface area contributed by atoms with E-state index in [1.54, 1.807) is 0 Å². The molecule has 1 aliphatic carbocycles. The van der Waals surface area contributed by atoms with E-state index in [-0.39, 0.29) is 12.5 Å². The molecule has 29 heavy (non-hydrogen) atoms. The van der Waals surface area contributed by atoms with Gasteiger partial charge in [0.05, 0.1) is 5.56 Å². The van der Waals surface area contributed by atoms with Crippen LogP contribution in [0.3, 0.4) is 0 Å². The number of hydrogen-bond donors (Lipinski definition) is 3. The number of carbonyl (C=O) groups excluding carboxylic acids is 2. The Morgan fingerprint density at radius 1 is 1.21 bits per heavy atom. The summed E-state index contributed by atoms with van der Waals surface area (Å²) in [6.07, 6.45) is 2.68. The fourth-order valence-corrected chi connectivity index (χ4v) is 4.76. The van der Waals surface area contributed by atoms with Gasteiger partial charge in [-0.15, -0.1) is 11.3 Å². The summed E-state index contributed by atoms with van der Waals surface area (Å²) in [5, 5.41) is 14.8. The molecule has 8 heteroatoms. The summed E-state index contributed by atoms with van der Waals surface area (Å²) in [5.41, 5.74) is 2.51. The van der Waals surface area contributed by atoms with Gasteiger partial charge in [0, 0.05) is 11.4 Å². The summed E-state index contributed by atoms with van der Waals surface area (Å²) in [4.78, 5) is 36.8. The number of carbonyl (C=O) groups is 3. The van der Waals surface area contributed by atoms with Crippen molar-refractivity contribution >= 4 is 34.1 Å². The van der Waals surface area contributed by atoms with Gasteiger partial charge in [-0.3, -0.25) is 9.59 Å². The van der Waals surface area contributed by atoms with E-state index in [2.05, 4.69) is 17.6 Å². The van der Waals surface area contributed by atoms with Gasteiger partial charge in [0.2, 0.25) is 0 Å². The predicted molar refractivity (Wildman–Crippen MR) is 110 cm³/mol. The van der Waals surface area contributed by atoms with Gasteiger partial charge < -0.3 is 20.5 Å². The lowest BCUT2D eigenvalue weighted by Gasteiger charge is -2.18. The normalized spacial score (nSPS) is 15.4. The van der Waals surface area contributed by atoms with E-state index in [0.29, 0.717) is 23.0 Å². The number of ether oxygens (including phenoxy) is 1. The van der Waals surface area contributed by atoms with E-state index in [4.69, 9.17) is 9.84 Å². The minimum absolute atomic E-state index is 0.220. The zero-order chi connectivity index (χ0) is 20.8. The van der Waals surface area contributed by atoms with Gasteiger partial charge >= 0.3 is 5.97 Å². The SMILES string of the molecule is CC1CCc2c(sc(NC(=O)COCC(=O)O)c2C(=O)NCc2ccccc2)C1. The van der Waals surface area contributed by atoms with Crippen LogP contribution < -0.4 is 10.6 Å². The van der Waals surface area contributed by atoms with E-state index >= 15 is 0 Å². The van der Waals surface area contributed by atoms with Crippen LogP contribution in [0.15, 0.2) is 30.3 Å². The lowest BCUT2D eigenvalue weighted by molar-refractivity contribution is -0.143. The van der Waals surface area contributed by atoms with Crippen LogP contribution in [0.25, 0.3) is 0 Å². The first-order valence-electron chi connectivity index (χ1n) is 9.50. The van der Waals surface area contributed by atoms with Crippen LogP contribution in [0.4, 0.5) is 5.00 Å². The number of aliphatic carboxylic acids is 1. The number of benzene rings is 1. The average Bonchev–Trinajstić information content (AvgIpc) is 3.03. The van der Waals surface area contributed by atoms with Crippen LogP contribution in [0, 0.1) is 5.92 Å². The van der Waals surface area contributed by atoms with Crippen molar-refractivity contribution in [2.45, 2.75) is 32.7 Å². The number of nitrogens with one attached hydrogen (secondary N) is 2. The van der Waals surface area contributed by atoms with Crippen LogP contribution in [-0.4, -0.2) is 36.1 Å². The van der Waals surface area contributed by atoms with Crippen molar-refractivity contribution in [1.82, 2.24) is 5.32 Å². The molecule has 0 saturated carbocycles. The zero-order valence-electron chi connectivity index (χ0n) is 16.2. The molecular weight excluding hydrogens is 392 g/mol. The number of carboxylic acid groups (broad SMARTS) is 1. The van der Waals surface area contributed by atoms with Crippen LogP contribution in [0.1, 0.15) is 39.7 Å². The van der Waals surface area contributed by atoms with Crippen molar-refractivity contribution in [1.29, 1.82) is 0 Å². The maximum absolute atomic E-state index is 13.0. The molecule has 7 nitrogen and oxygen atoms in total. The van der Waals surface area contributed by atoms with Crippen molar-refractivity contribution in [2.75, 3.05) is 18.5 Å².